The molecule has 0 spiro atoms. The summed E-state index contributed by atoms with van der Waals surface area (Å²) >= 11 is 0. The number of likely N-dealkylation sites (tertiary alicyclic amines) is 1. The van der Waals surface area contributed by atoms with Crippen molar-refractivity contribution in [1.29, 1.82) is 0 Å². The predicted octanol–water partition coefficient (Wildman–Crippen LogP) is 3.73. The van der Waals surface area contributed by atoms with Gasteiger partial charge in [-0.2, -0.15) is 0 Å². The van der Waals surface area contributed by atoms with Gasteiger partial charge < -0.3 is 20.1 Å². The fourth-order valence-electron chi connectivity index (χ4n) is 3.73. The van der Waals surface area contributed by atoms with E-state index in [9.17, 15) is 9.59 Å². The summed E-state index contributed by atoms with van der Waals surface area (Å²) in [6.45, 7) is 8.47. The van der Waals surface area contributed by atoms with Gasteiger partial charge >= 0.3 is 6.09 Å². The Balaban J connectivity index is 1.47. The predicted molar refractivity (Wildman–Crippen MR) is 126 cm³/mol. The summed E-state index contributed by atoms with van der Waals surface area (Å²) in [7, 11) is 0. The van der Waals surface area contributed by atoms with Crippen LogP contribution in [-0.4, -0.2) is 53.7 Å². The fraction of sp³-hybridized carbons (Fsp3) is 0.480. The number of nitrogens with zero attached hydrogens (tertiary/aromatic N) is 2. The molecule has 178 valence electrons. The first kappa shape index (κ1) is 24.5. The van der Waals surface area contributed by atoms with Crippen LogP contribution in [0.3, 0.4) is 0 Å². The first-order chi connectivity index (χ1) is 15.8. The van der Waals surface area contributed by atoms with E-state index in [0.29, 0.717) is 31.9 Å². The summed E-state index contributed by atoms with van der Waals surface area (Å²) in [4.78, 5) is 30.8. The number of alkyl carbamates (subject to hydrolysis) is 1. The van der Waals surface area contributed by atoms with Gasteiger partial charge in [-0.05, 0) is 58.4 Å². The van der Waals surface area contributed by atoms with E-state index in [1.807, 2.05) is 51.1 Å². The highest BCUT2D eigenvalue weighted by molar-refractivity contribution is 5.79. The summed E-state index contributed by atoms with van der Waals surface area (Å²) < 4.78 is 11.2. The second-order valence-electron chi connectivity index (χ2n) is 9.19. The molecule has 2 aromatic rings. The first-order valence-electron chi connectivity index (χ1n) is 11.4. The molecular formula is C25H34N4O4. The second-order valence-corrected chi connectivity index (χ2v) is 9.19. The van der Waals surface area contributed by atoms with Crippen LogP contribution in [0.1, 0.15) is 39.2 Å². The fourth-order valence-corrected chi connectivity index (χ4v) is 3.73. The van der Waals surface area contributed by atoms with Crippen LogP contribution in [0.2, 0.25) is 0 Å². The van der Waals surface area contributed by atoms with E-state index in [2.05, 4.69) is 26.6 Å². The quantitative estimate of drug-likeness (QED) is 0.591. The molecule has 1 fully saturated rings. The third-order valence-electron chi connectivity index (χ3n) is 5.20. The normalized spacial score (nSPS) is 16.6. The number of para-hydroxylation sites is 1. The maximum absolute atomic E-state index is 12.7. The van der Waals surface area contributed by atoms with Gasteiger partial charge in [0.25, 0.3) is 0 Å². The Bertz CT molecular complexity index is 914. The maximum atomic E-state index is 12.7. The van der Waals surface area contributed by atoms with Crippen molar-refractivity contribution in [2.75, 3.05) is 26.2 Å². The molecule has 33 heavy (non-hydrogen) atoms. The van der Waals surface area contributed by atoms with Gasteiger partial charge in [0, 0.05) is 37.9 Å². The highest BCUT2D eigenvalue weighted by atomic mass is 16.6. The topological polar surface area (TPSA) is 92.8 Å². The zero-order valence-corrected chi connectivity index (χ0v) is 19.7. The van der Waals surface area contributed by atoms with Gasteiger partial charge in [-0.3, -0.25) is 14.7 Å². The van der Waals surface area contributed by atoms with E-state index in [1.165, 1.54) is 0 Å². The second kappa shape index (κ2) is 11.7. The molecule has 1 aliphatic heterocycles. The number of aromatic nitrogens is 1. The van der Waals surface area contributed by atoms with Crippen molar-refractivity contribution in [2.45, 2.75) is 45.8 Å². The van der Waals surface area contributed by atoms with Crippen LogP contribution in [0, 0.1) is 5.92 Å². The number of pyridine rings is 1. The minimum Gasteiger partial charge on any atom is -0.455 e. The Morgan fingerprint density at radius 2 is 1.91 bits per heavy atom. The molecule has 0 radical (unpaired) electrons. The molecule has 2 N–H and O–H groups in total. The minimum atomic E-state index is -0.541. The summed E-state index contributed by atoms with van der Waals surface area (Å²) in [6.07, 6.45) is 4.74. The van der Waals surface area contributed by atoms with Gasteiger partial charge in [-0.1, -0.05) is 18.2 Å². The molecule has 3 rings (SSSR count). The van der Waals surface area contributed by atoms with E-state index in [-0.39, 0.29) is 11.8 Å². The molecule has 1 unspecified atom stereocenters. The molecule has 1 atom stereocenters. The van der Waals surface area contributed by atoms with Crippen LogP contribution in [-0.2, 0) is 16.1 Å². The van der Waals surface area contributed by atoms with Crippen molar-refractivity contribution < 1.29 is 19.1 Å². The largest absolute Gasteiger partial charge is 0.455 e. The number of hydrogen-bond donors (Lipinski definition) is 2. The lowest BCUT2D eigenvalue weighted by Crippen LogP contribution is -2.44. The van der Waals surface area contributed by atoms with Gasteiger partial charge in [-0.25, -0.2) is 4.79 Å². The smallest absolute Gasteiger partial charge is 0.407 e. The molecule has 0 bridgehead atoms. The molecule has 1 aromatic heterocycles. The van der Waals surface area contributed by atoms with E-state index in [0.717, 1.165) is 30.7 Å². The molecule has 8 nitrogen and oxygen atoms in total. The third-order valence-corrected chi connectivity index (χ3v) is 5.20. The average Bonchev–Trinajstić information content (AvgIpc) is 2.78. The Morgan fingerprint density at radius 3 is 2.67 bits per heavy atom. The van der Waals surface area contributed by atoms with Crippen LogP contribution in [0.15, 0.2) is 48.8 Å². The van der Waals surface area contributed by atoms with Gasteiger partial charge in [0.15, 0.2) is 0 Å². The average molecular weight is 455 g/mol. The van der Waals surface area contributed by atoms with Crippen LogP contribution < -0.4 is 15.4 Å². The number of nitrogens with one attached hydrogen (secondary N) is 2. The molecular weight excluding hydrogens is 420 g/mol. The van der Waals surface area contributed by atoms with Gasteiger partial charge in [-0.15, -0.1) is 0 Å². The Morgan fingerprint density at radius 1 is 1.12 bits per heavy atom. The van der Waals surface area contributed by atoms with Gasteiger partial charge in [0.1, 0.15) is 17.1 Å². The van der Waals surface area contributed by atoms with Crippen molar-refractivity contribution in [3.8, 4) is 11.5 Å². The SMILES string of the molecule is CC(C)(C)OC(=O)NCCNC(=O)C1CCCN(Cc2ccccc2Oc2cccnc2)C1. The van der Waals surface area contributed by atoms with E-state index in [1.54, 1.807) is 12.4 Å². The minimum absolute atomic E-state index is 0.0191. The van der Waals surface area contributed by atoms with Crippen LogP contribution in [0.4, 0.5) is 4.79 Å². The van der Waals surface area contributed by atoms with Crippen molar-refractivity contribution in [1.82, 2.24) is 20.5 Å². The molecule has 8 heteroatoms. The molecule has 1 aromatic carbocycles. The van der Waals surface area contributed by atoms with E-state index < -0.39 is 11.7 Å². The Labute approximate surface area is 195 Å². The molecule has 1 saturated heterocycles. The highest BCUT2D eigenvalue weighted by Crippen LogP contribution is 2.27. The zero-order chi connectivity index (χ0) is 23.7. The number of rotatable bonds is 8. The summed E-state index contributed by atoms with van der Waals surface area (Å²) in [5.41, 5.74) is 0.532. The van der Waals surface area contributed by atoms with Gasteiger partial charge in [0.2, 0.25) is 5.91 Å². The Hall–Kier alpha value is -3.13. The standard InChI is InChI=1S/C25H34N4O4/c1-25(2,3)33-24(31)28-14-13-27-23(30)20-9-7-15-29(18-20)17-19-8-4-5-11-22(19)32-21-10-6-12-26-16-21/h4-6,8,10-12,16,20H,7,9,13-15,17-18H2,1-3H3,(H,27,30)(H,28,31). The number of ether oxygens (including phenoxy) is 2. The molecule has 2 amide bonds. The van der Waals surface area contributed by atoms with E-state index >= 15 is 0 Å². The van der Waals surface area contributed by atoms with Crippen LogP contribution in [0.25, 0.3) is 0 Å². The van der Waals surface area contributed by atoms with Crippen molar-refractivity contribution >= 4 is 12.0 Å². The number of amides is 2. The van der Waals surface area contributed by atoms with Crippen LogP contribution in [0.5, 0.6) is 11.5 Å². The van der Waals surface area contributed by atoms with Crippen molar-refractivity contribution in [3.63, 3.8) is 0 Å². The monoisotopic (exact) mass is 454 g/mol. The van der Waals surface area contributed by atoms with E-state index in [4.69, 9.17) is 9.47 Å². The maximum Gasteiger partial charge on any atom is 0.407 e. The lowest BCUT2D eigenvalue weighted by atomic mass is 9.96. The number of carbonyl (C=O) groups excluding carboxylic acids is 2. The zero-order valence-electron chi connectivity index (χ0n) is 19.7. The number of carbonyl (C=O) groups is 2. The molecule has 2 heterocycles. The van der Waals surface area contributed by atoms with Crippen molar-refractivity contribution in [2.24, 2.45) is 5.92 Å². The Kier molecular flexibility index (Phi) is 8.65. The lowest BCUT2D eigenvalue weighted by molar-refractivity contribution is -0.126. The highest BCUT2D eigenvalue weighted by Gasteiger charge is 2.26. The molecule has 1 aliphatic rings. The number of hydrogen-bond acceptors (Lipinski definition) is 6. The van der Waals surface area contributed by atoms with Crippen molar-refractivity contribution in [3.05, 3.63) is 54.4 Å². The van der Waals surface area contributed by atoms with Crippen LogP contribution >= 0.6 is 0 Å². The number of piperidine rings is 1. The first-order valence-corrected chi connectivity index (χ1v) is 11.4. The summed E-state index contributed by atoms with van der Waals surface area (Å²) in [5, 5.41) is 5.59. The lowest BCUT2D eigenvalue weighted by Gasteiger charge is -2.32. The summed E-state index contributed by atoms with van der Waals surface area (Å²) in [5.74, 6) is 1.43. The number of benzene rings is 1. The molecule has 0 saturated carbocycles. The third kappa shape index (κ3) is 8.38. The van der Waals surface area contributed by atoms with Gasteiger partial charge in [0.05, 0.1) is 12.1 Å². The molecule has 0 aliphatic carbocycles. The summed E-state index contributed by atoms with van der Waals surface area (Å²) in [6, 6.07) is 11.7.